The Hall–Kier alpha value is -0.700. The number of hydrogen-bond donors (Lipinski definition) is 0. The number of likely N-dealkylation sites (tertiary alicyclic amines) is 1. The molecule has 2 aliphatic rings. The lowest BCUT2D eigenvalue weighted by Gasteiger charge is -2.46. The molecule has 1 aliphatic heterocycles. The molecule has 3 unspecified atom stereocenters. The molecule has 1 aliphatic carbocycles. The fourth-order valence-electron chi connectivity index (χ4n) is 3.72. The second kappa shape index (κ2) is 5.30. The van der Waals surface area contributed by atoms with E-state index in [1.165, 1.54) is 0 Å². The Morgan fingerprint density at radius 3 is 2.82 bits per heavy atom. The van der Waals surface area contributed by atoms with Gasteiger partial charge in [0.05, 0.1) is 5.92 Å². The second-order valence-corrected chi connectivity index (χ2v) is 5.50. The third kappa shape index (κ3) is 2.44. The molecule has 2 fully saturated rings. The summed E-state index contributed by atoms with van der Waals surface area (Å²) in [5, 5.41) is 0. The maximum absolute atomic E-state index is 11.9. The third-order valence-corrected chi connectivity index (χ3v) is 4.36. The van der Waals surface area contributed by atoms with E-state index in [1.54, 1.807) is 6.92 Å². The Kier molecular flexibility index (Phi) is 3.97. The summed E-state index contributed by atoms with van der Waals surface area (Å²) in [7, 11) is 0. The van der Waals surface area contributed by atoms with Crippen molar-refractivity contribution < 1.29 is 9.59 Å². The highest BCUT2D eigenvalue weighted by Crippen LogP contribution is 2.38. The minimum Gasteiger partial charge on any atom is -0.300 e. The summed E-state index contributed by atoms with van der Waals surface area (Å²) in [6, 6.07) is 0.482. The van der Waals surface area contributed by atoms with Crippen LogP contribution in [0.15, 0.2) is 0 Å². The van der Waals surface area contributed by atoms with Crippen LogP contribution < -0.4 is 0 Å². The molecule has 3 atom stereocenters. The second-order valence-electron chi connectivity index (χ2n) is 5.50. The van der Waals surface area contributed by atoms with Crippen LogP contribution >= 0.6 is 0 Å². The van der Waals surface area contributed by atoms with Gasteiger partial charge < -0.3 is 4.90 Å². The number of nitrogens with zero attached hydrogens (tertiary/aromatic N) is 1. The Labute approximate surface area is 104 Å². The Morgan fingerprint density at radius 2 is 2.18 bits per heavy atom. The highest BCUT2D eigenvalue weighted by molar-refractivity contribution is 6.02. The van der Waals surface area contributed by atoms with Gasteiger partial charge >= 0.3 is 0 Å². The molecule has 0 radical (unpaired) electrons. The first kappa shape index (κ1) is 12.7. The van der Waals surface area contributed by atoms with Crippen LogP contribution in [0.25, 0.3) is 0 Å². The van der Waals surface area contributed by atoms with Gasteiger partial charge in [0, 0.05) is 12.5 Å². The molecule has 1 saturated heterocycles. The predicted molar refractivity (Wildman–Crippen MR) is 66.8 cm³/mol. The summed E-state index contributed by atoms with van der Waals surface area (Å²) in [5.41, 5.74) is 0. The molecule has 96 valence electrons. The molecule has 3 nitrogen and oxygen atoms in total. The maximum Gasteiger partial charge on any atom is 0.143 e. The Balaban J connectivity index is 2.16. The van der Waals surface area contributed by atoms with Crippen molar-refractivity contribution in [3.63, 3.8) is 0 Å². The van der Waals surface area contributed by atoms with Crippen LogP contribution in [-0.4, -0.2) is 35.6 Å². The highest BCUT2D eigenvalue weighted by atomic mass is 16.1. The van der Waals surface area contributed by atoms with Crippen LogP contribution in [0.3, 0.4) is 0 Å². The molecule has 3 heteroatoms. The lowest BCUT2D eigenvalue weighted by atomic mass is 9.69. The number of hydrogen-bond acceptors (Lipinski definition) is 3. The number of carbonyl (C=O) groups is 2. The predicted octanol–water partition coefficient (Wildman–Crippen LogP) is 2.05. The van der Waals surface area contributed by atoms with E-state index in [9.17, 15) is 9.59 Å². The average molecular weight is 237 g/mol. The minimum absolute atomic E-state index is 0.0862. The maximum atomic E-state index is 11.9. The standard InChI is InChI=1S/C14H23NO2/c1-3-8-15-9-4-5-11-12(15)6-7-13(17)14(11)10(2)16/h11-12,14H,3-9H2,1-2H3. The van der Waals surface area contributed by atoms with Crippen molar-refractivity contribution >= 4 is 11.6 Å². The summed E-state index contributed by atoms with van der Waals surface area (Å²) < 4.78 is 0. The molecule has 1 saturated carbocycles. The van der Waals surface area contributed by atoms with Gasteiger partial charge in [-0.3, -0.25) is 9.59 Å². The Morgan fingerprint density at radius 1 is 1.41 bits per heavy atom. The molecule has 0 aromatic heterocycles. The normalized spacial score (nSPS) is 34.5. The fraction of sp³-hybridized carbons (Fsp3) is 0.857. The Bertz CT molecular complexity index is 311. The first-order valence-electron chi connectivity index (χ1n) is 6.92. The van der Waals surface area contributed by atoms with E-state index in [0.29, 0.717) is 18.4 Å². The first-order valence-corrected chi connectivity index (χ1v) is 6.92. The van der Waals surface area contributed by atoms with E-state index >= 15 is 0 Å². The highest BCUT2D eigenvalue weighted by Gasteiger charge is 2.44. The van der Waals surface area contributed by atoms with Gasteiger partial charge in [-0.05, 0) is 51.6 Å². The monoisotopic (exact) mass is 237 g/mol. The van der Waals surface area contributed by atoms with Gasteiger partial charge in [-0.15, -0.1) is 0 Å². The summed E-state index contributed by atoms with van der Waals surface area (Å²) in [4.78, 5) is 26.1. The number of fused-ring (bicyclic) bond motifs is 1. The van der Waals surface area contributed by atoms with Gasteiger partial charge in [0.2, 0.25) is 0 Å². The SMILES string of the molecule is CCCN1CCCC2C(C(C)=O)C(=O)CCC21. The van der Waals surface area contributed by atoms with Gasteiger partial charge in [-0.25, -0.2) is 0 Å². The van der Waals surface area contributed by atoms with E-state index in [0.717, 1.165) is 38.8 Å². The van der Waals surface area contributed by atoms with Gasteiger partial charge in [-0.1, -0.05) is 6.92 Å². The molecule has 0 N–H and O–H groups in total. The van der Waals surface area contributed by atoms with Crippen molar-refractivity contribution in [3.05, 3.63) is 0 Å². The number of rotatable bonds is 3. The molecule has 17 heavy (non-hydrogen) atoms. The fourth-order valence-corrected chi connectivity index (χ4v) is 3.72. The summed E-state index contributed by atoms with van der Waals surface area (Å²) >= 11 is 0. The zero-order valence-electron chi connectivity index (χ0n) is 10.9. The van der Waals surface area contributed by atoms with Crippen LogP contribution in [-0.2, 0) is 9.59 Å². The summed E-state index contributed by atoms with van der Waals surface area (Å²) in [6.45, 7) is 6.04. The molecular weight excluding hydrogens is 214 g/mol. The van der Waals surface area contributed by atoms with E-state index in [2.05, 4.69) is 11.8 Å². The van der Waals surface area contributed by atoms with Crippen molar-refractivity contribution in [1.82, 2.24) is 4.90 Å². The number of Topliss-reactive ketones (excluding diaryl/α,β-unsaturated/α-hetero) is 2. The van der Waals surface area contributed by atoms with E-state index in [4.69, 9.17) is 0 Å². The summed E-state index contributed by atoms with van der Waals surface area (Å²) in [5.74, 6) is 0.280. The van der Waals surface area contributed by atoms with Gasteiger partial charge in [0.1, 0.15) is 11.6 Å². The zero-order valence-corrected chi connectivity index (χ0v) is 10.9. The van der Waals surface area contributed by atoms with Crippen molar-refractivity contribution in [3.8, 4) is 0 Å². The number of carbonyl (C=O) groups excluding carboxylic acids is 2. The molecule has 0 spiro atoms. The van der Waals surface area contributed by atoms with E-state index in [1.807, 2.05) is 0 Å². The molecule has 0 amide bonds. The first-order chi connectivity index (χ1) is 8.15. The lowest BCUT2D eigenvalue weighted by molar-refractivity contribution is -0.139. The van der Waals surface area contributed by atoms with E-state index < -0.39 is 0 Å². The minimum atomic E-state index is -0.298. The van der Waals surface area contributed by atoms with Crippen molar-refractivity contribution in [1.29, 1.82) is 0 Å². The molecular formula is C14H23NO2. The lowest BCUT2D eigenvalue weighted by Crippen LogP contribution is -2.53. The largest absolute Gasteiger partial charge is 0.300 e. The van der Waals surface area contributed by atoms with Crippen LogP contribution in [0.1, 0.15) is 46.0 Å². The quantitative estimate of drug-likeness (QED) is 0.705. The summed E-state index contributed by atoms with van der Waals surface area (Å²) in [6.07, 6.45) is 4.92. The van der Waals surface area contributed by atoms with Crippen LogP contribution in [0.2, 0.25) is 0 Å². The molecule has 0 bridgehead atoms. The van der Waals surface area contributed by atoms with Gasteiger partial charge in [0.15, 0.2) is 0 Å². The van der Waals surface area contributed by atoms with Crippen LogP contribution in [0.4, 0.5) is 0 Å². The van der Waals surface area contributed by atoms with Crippen LogP contribution in [0.5, 0.6) is 0 Å². The number of piperidine rings is 1. The van der Waals surface area contributed by atoms with Crippen molar-refractivity contribution in [2.75, 3.05) is 13.1 Å². The van der Waals surface area contributed by atoms with Crippen molar-refractivity contribution in [2.24, 2.45) is 11.8 Å². The van der Waals surface area contributed by atoms with Gasteiger partial charge in [0.25, 0.3) is 0 Å². The van der Waals surface area contributed by atoms with Crippen LogP contribution in [0, 0.1) is 11.8 Å². The molecule has 1 heterocycles. The van der Waals surface area contributed by atoms with E-state index in [-0.39, 0.29) is 17.5 Å². The van der Waals surface area contributed by atoms with Gasteiger partial charge in [-0.2, -0.15) is 0 Å². The molecule has 0 aromatic rings. The molecule has 2 rings (SSSR count). The van der Waals surface area contributed by atoms with Crippen molar-refractivity contribution in [2.45, 2.75) is 52.0 Å². The smallest absolute Gasteiger partial charge is 0.143 e. The average Bonchev–Trinajstić information content (AvgIpc) is 2.28. The zero-order chi connectivity index (χ0) is 12.4. The molecule has 0 aromatic carbocycles. The topological polar surface area (TPSA) is 37.4 Å². The third-order valence-electron chi connectivity index (χ3n) is 4.36. The number of ketones is 2.